The minimum Gasteiger partial charge on any atom is -0.377 e. The molecule has 2 nitrogen and oxygen atoms in total. The van der Waals surface area contributed by atoms with E-state index >= 15 is 0 Å². The highest BCUT2D eigenvalue weighted by Gasteiger charge is 2.23. The lowest BCUT2D eigenvalue weighted by Gasteiger charge is -2.14. The number of rotatable bonds is 3. The topological polar surface area (TPSA) is 21.3 Å². The summed E-state index contributed by atoms with van der Waals surface area (Å²) in [6.45, 7) is 8.40. The molecule has 3 heteroatoms. The SMILES string of the molecule is Cc1cc(CNC2CCOC2C)sc1C. The van der Waals surface area contributed by atoms with Crippen LogP contribution in [0.1, 0.15) is 28.7 Å². The van der Waals surface area contributed by atoms with E-state index in [1.807, 2.05) is 11.3 Å². The second kappa shape index (κ2) is 4.64. The van der Waals surface area contributed by atoms with Gasteiger partial charge in [0.05, 0.1) is 6.10 Å². The molecule has 84 valence electrons. The lowest BCUT2D eigenvalue weighted by Crippen LogP contribution is -2.33. The minimum atomic E-state index is 0.368. The van der Waals surface area contributed by atoms with Gasteiger partial charge in [0.15, 0.2) is 0 Å². The van der Waals surface area contributed by atoms with Crippen molar-refractivity contribution in [3.63, 3.8) is 0 Å². The Morgan fingerprint density at radius 2 is 2.33 bits per heavy atom. The maximum absolute atomic E-state index is 5.52. The van der Waals surface area contributed by atoms with Gasteiger partial charge in [0.2, 0.25) is 0 Å². The molecule has 2 heterocycles. The molecule has 0 spiro atoms. The molecule has 15 heavy (non-hydrogen) atoms. The predicted molar refractivity (Wildman–Crippen MR) is 64.5 cm³/mol. The van der Waals surface area contributed by atoms with Gasteiger partial charge in [0.25, 0.3) is 0 Å². The number of nitrogens with one attached hydrogen (secondary N) is 1. The van der Waals surface area contributed by atoms with Gasteiger partial charge in [0, 0.05) is 28.9 Å². The third kappa shape index (κ3) is 2.60. The summed E-state index contributed by atoms with van der Waals surface area (Å²) in [7, 11) is 0. The van der Waals surface area contributed by atoms with E-state index in [2.05, 4.69) is 32.2 Å². The fraction of sp³-hybridized carbons (Fsp3) is 0.667. The van der Waals surface area contributed by atoms with Crippen molar-refractivity contribution >= 4 is 11.3 Å². The average Bonchev–Trinajstić information content (AvgIpc) is 2.72. The Bertz CT molecular complexity index is 315. The molecule has 2 rings (SSSR count). The first-order valence-electron chi connectivity index (χ1n) is 5.57. The first kappa shape index (κ1) is 11.1. The molecule has 1 aliphatic heterocycles. The third-order valence-corrected chi connectivity index (χ3v) is 4.28. The normalized spacial score (nSPS) is 26.1. The van der Waals surface area contributed by atoms with Gasteiger partial charge in [-0.05, 0) is 38.8 Å². The lowest BCUT2D eigenvalue weighted by atomic mass is 10.1. The number of hydrogen-bond acceptors (Lipinski definition) is 3. The van der Waals surface area contributed by atoms with Gasteiger partial charge in [-0.25, -0.2) is 0 Å². The third-order valence-electron chi connectivity index (χ3n) is 3.13. The maximum Gasteiger partial charge on any atom is 0.0700 e. The lowest BCUT2D eigenvalue weighted by molar-refractivity contribution is 0.113. The number of ether oxygens (including phenoxy) is 1. The van der Waals surface area contributed by atoms with E-state index < -0.39 is 0 Å². The smallest absolute Gasteiger partial charge is 0.0700 e. The molecular weight excluding hydrogens is 206 g/mol. The van der Waals surface area contributed by atoms with E-state index in [9.17, 15) is 0 Å². The van der Waals surface area contributed by atoms with Crippen LogP contribution in [-0.2, 0) is 11.3 Å². The van der Waals surface area contributed by atoms with Crippen molar-refractivity contribution in [2.24, 2.45) is 0 Å². The molecule has 1 aromatic heterocycles. The van der Waals surface area contributed by atoms with Gasteiger partial charge in [-0.1, -0.05) is 0 Å². The van der Waals surface area contributed by atoms with Gasteiger partial charge >= 0.3 is 0 Å². The van der Waals surface area contributed by atoms with Gasteiger partial charge in [-0.15, -0.1) is 11.3 Å². The summed E-state index contributed by atoms with van der Waals surface area (Å²) in [6, 6.07) is 2.82. The zero-order valence-electron chi connectivity index (χ0n) is 9.67. The maximum atomic E-state index is 5.52. The first-order valence-corrected chi connectivity index (χ1v) is 6.39. The Morgan fingerprint density at radius 3 is 2.87 bits per heavy atom. The molecule has 1 N–H and O–H groups in total. The van der Waals surface area contributed by atoms with Crippen LogP contribution in [0.25, 0.3) is 0 Å². The summed E-state index contributed by atoms with van der Waals surface area (Å²) >= 11 is 1.90. The number of thiophene rings is 1. The fourth-order valence-corrected chi connectivity index (χ4v) is 2.97. The van der Waals surface area contributed by atoms with Crippen LogP contribution in [0, 0.1) is 13.8 Å². The molecule has 1 fully saturated rings. The Kier molecular flexibility index (Phi) is 3.44. The summed E-state index contributed by atoms with van der Waals surface area (Å²) in [5.74, 6) is 0. The van der Waals surface area contributed by atoms with E-state index in [1.165, 1.54) is 15.3 Å². The Hall–Kier alpha value is -0.380. The van der Waals surface area contributed by atoms with Crippen LogP contribution in [0.2, 0.25) is 0 Å². The molecule has 0 aliphatic carbocycles. The zero-order chi connectivity index (χ0) is 10.8. The quantitative estimate of drug-likeness (QED) is 0.854. The standard InChI is InChI=1S/C12H19NOS/c1-8-6-11(15-10(8)3)7-13-12-4-5-14-9(12)2/h6,9,12-13H,4-5,7H2,1-3H3. The molecular formula is C12H19NOS. The highest BCUT2D eigenvalue weighted by atomic mass is 32.1. The Morgan fingerprint density at radius 1 is 1.53 bits per heavy atom. The molecule has 1 aromatic rings. The Balaban J connectivity index is 1.87. The molecule has 0 bridgehead atoms. The van der Waals surface area contributed by atoms with Crippen molar-refractivity contribution in [2.45, 2.75) is 45.9 Å². The van der Waals surface area contributed by atoms with Crippen molar-refractivity contribution in [1.82, 2.24) is 5.32 Å². The zero-order valence-corrected chi connectivity index (χ0v) is 10.5. The summed E-state index contributed by atoms with van der Waals surface area (Å²) in [5.41, 5.74) is 1.41. The van der Waals surface area contributed by atoms with Crippen molar-refractivity contribution in [1.29, 1.82) is 0 Å². The molecule has 1 aliphatic rings. The van der Waals surface area contributed by atoms with Crippen LogP contribution in [0.5, 0.6) is 0 Å². The highest BCUT2D eigenvalue weighted by molar-refractivity contribution is 7.12. The van der Waals surface area contributed by atoms with Crippen molar-refractivity contribution in [3.05, 3.63) is 21.4 Å². The summed E-state index contributed by atoms with van der Waals surface area (Å²) in [6.07, 6.45) is 1.51. The van der Waals surface area contributed by atoms with Gasteiger partial charge < -0.3 is 10.1 Å². The average molecular weight is 225 g/mol. The van der Waals surface area contributed by atoms with Crippen molar-refractivity contribution in [3.8, 4) is 0 Å². The van der Waals surface area contributed by atoms with Gasteiger partial charge in [0.1, 0.15) is 0 Å². The fourth-order valence-electron chi connectivity index (χ4n) is 1.97. The monoisotopic (exact) mass is 225 g/mol. The van der Waals surface area contributed by atoms with Crippen LogP contribution < -0.4 is 5.32 Å². The molecule has 2 atom stereocenters. The van der Waals surface area contributed by atoms with Crippen LogP contribution in [-0.4, -0.2) is 18.8 Å². The first-order chi connectivity index (χ1) is 7.16. The molecule has 0 aromatic carbocycles. The predicted octanol–water partition coefficient (Wildman–Crippen LogP) is 2.63. The van der Waals surface area contributed by atoms with E-state index in [-0.39, 0.29) is 0 Å². The van der Waals surface area contributed by atoms with Crippen LogP contribution >= 0.6 is 11.3 Å². The van der Waals surface area contributed by atoms with E-state index in [1.54, 1.807) is 0 Å². The minimum absolute atomic E-state index is 0.368. The van der Waals surface area contributed by atoms with Gasteiger partial charge in [-0.2, -0.15) is 0 Å². The summed E-state index contributed by atoms with van der Waals surface area (Å²) in [4.78, 5) is 2.87. The van der Waals surface area contributed by atoms with E-state index in [0.29, 0.717) is 12.1 Å². The van der Waals surface area contributed by atoms with Gasteiger partial charge in [-0.3, -0.25) is 0 Å². The van der Waals surface area contributed by atoms with E-state index in [4.69, 9.17) is 4.74 Å². The van der Waals surface area contributed by atoms with Crippen molar-refractivity contribution in [2.75, 3.05) is 6.61 Å². The van der Waals surface area contributed by atoms with E-state index in [0.717, 1.165) is 19.6 Å². The second-order valence-corrected chi connectivity index (χ2v) is 5.64. The molecule has 2 unspecified atom stereocenters. The van der Waals surface area contributed by atoms with Crippen LogP contribution in [0.15, 0.2) is 6.07 Å². The Labute approximate surface area is 95.6 Å². The van der Waals surface area contributed by atoms with Crippen LogP contribution in [0.3, 0.4) is 0 Å². The van der Waals surface area contributed by atoms with Crippen molar-refractivity contribution < 1.29 is 4.74 Å². The molecule has 0 amide bonds. The molecule has 0 saturated carbocycles. The molecule has 0 radical (unpaired) electrons. The molecule has 1 saturated heterocycles. The number of hydrogen-bond donors (Lipinski definition) is 1. The largest absolute Gasteiger partial charge is 0.377 e. The number of aryl methyl sites for hydroxylation is 2. The summed E-state index contributed by atoms with van der Waals surface area (Å²) < 4.78 is 5.52. The van der Waals surface area contributed by atoms with Crippen LogP contribution in [0.4, 0.5) is 0 Å². The second-order valence-electron chi connectivity index (χ2n) is 4.30. The highest BCUT2D eigenvalue weighted by Crippen LogP contribution is 2.21. The summed E-state index contributed by atoms with van der Waals surface area (Å²) in [5, 5.41) is 3.57.